The SMILES string of the molecule is N#Cc1ccc(COC(=O)c2cc(S(N)(=O)=O)ccc2Cl)c(F)c1. The average molecular weight is 369 g/mol. The summed E-state index contributed by atoms with van der Waals surface area (Å²) in [6, 6.07) is 8.80. The monoisotopic (exact) mass is 368 g/mol. The van der Waals surface area contributed by atoms with E-state index in [1.54, 1.807) is 6.07 Å². The van der Waals surface area contributed by atoms with Gasteiger partial charge in [0.05, 0.1) is 27.1 Å². The number of ether oxygens (including phenoxy) is 1. The van der Waals surface area contributed by atoms with E-state index >= 15 is 0 Å². The summed E-state index contributed by atoms with van der Waals surface area (Å²) in [6.07, 6.45) is 0. The molecule has 124 valence electrons. The molecule has 0 saturated carbocycles. The van der Waals surface area contributed by atoms with Crippen LogP contribution in [0.1, 0.15) is 21.5 Å². The summed E-state index contributed by atoms with van der Waals surface area (Å²) in [4.78, 5) is 11.7. The number of nitrogens with two attached hydrogens (primary N) is 1. The largest absolute Gasteiger partial charge is 0.457 e. The molecule has 9 heteroatoms. The molecule has 0 aromatic heterocycles. The van der Waals surface area contributed by atoms with Crippen molar-refractivity contribution >= 4 is 27.6 Å². The van der Waals surface area contributed by atoms with Gasteiger partial charge in [-0.25, -0.2) is 22.7 Å². The number of hydrogen-bond acceptors (Lipinski definition) is 5. The molecule has 0 bridgehead atoms. The number of nitriles is 1. The smallest absolute Gasteiger partial charge is 0.340 e. The Morgan fingerprint density at radius 3 is 2.58 bits per heavy atom. The van der Waals surface area contributed by atoms with Crippen LogP contribution in [0.4, 0.5) is 4.39 Å². The van der Waals surface area contributed by atoms with Crippen molar-refractivity contribution < 1.29 is 22.3 Å². The van der Waals surface area contributed by atoms with Crippen LogP contribution < -0.4 is 5.14 Å². The second-order valence-corrected chi connectivity index (χ2v) is 6.65. The maximum Gasteiger partial charge on any atom is 0.340 e. The number of halogens is 2. The molecule has 0 radical (unpaired) electrons. The quantitative estimate of drug-likeness (QED) is 0.833. The number of carbonyl (C=O) groups is 1. The number of hydrogen-bond donors (Lipinski definition) is 1. The zero-order valence-electron chi connectivity index (χ0n) is 12.0. The molecule has 0 fully saturated rings. The summed E-state index contributed by atoms with van der Waals surface area (Å²) in [7, 11) is -4.01. The maximum absolute atomic E-state index is 13.7. The summed E-state index contributed by atoms with van der Waals surface area (Å²) in [5.74, 6) is -1.64. The van der Waals surface area contributed by atoms with Crippen molar-refractivity contribution in [3.8, 4) is 6.07 Å². The van der Waals surface area contributed by atoms with E-state index in [1.807, 2.05) is 0 Å². The van der Waals surface area contributed by atoms with Crippen molar-refractivity contribution in [1.29, 1.82) is 5.26 Å². The van der Waals surface area contributed by atoms with Crippen LogP contribution in [0, 0.1) is 17.1 Å². The lowest BCUT2D eigenvalue weighted by Gasteiger charge is -2.08. The van der Waals surface area contributed by atoms with Gasteiger partial charge in [0.25, 0.3) is 0 Å². The lowest BCUT2D eigenvalue weighted by atomic mass is 10.1. The topological polar surface area (TPSA) is 110 Å². The normalized spacial score (nSPS) is 10.9. The first-order chi connectivity index (χ1) is 11.2. The zero-order valence-corrected chi connectivity index (χ0v) is 13.6. The van der Waals surface area contributed by atoms with Gasteiger partial charge in [0.15, 0.2) is 0 Å². The van der Waals surface area contributed by atoms with Crippen molar-refractivity contribution in [3.05, 3.63) is 63.9 Å². The van der Waals surface area contributed by atoms with Crippen molar-refractivity contribution in [1.82, 2.24) is 0 Å². The van der Waals surface area contributed by atoms with Crippen LogP contribution in [-0.4, -0.2) is 14.4 Å². The Kier molecular flexibility index (Phi) is 5.19. The van der Waals surface area contributed by atoms with Crippen molar-refractivity contribution in [2.45, 2.75) is 11.5 Å². The van der Waals surface area contributed by atoms with Gasteiger partial charge in [-0.1, -0.05) is 17.7 Å². The van der Waals surface area contributed by atoms with Gasteiger partial charge in [-0.05, 0) is 30.3 Å². The van der Waals surface area contributed by atoms with Crippen molar-refractivity contribution in [3.63, 3.8) is 0 Å². The molecule has 2 aromatic carbocycles. The van der Waals surface area contributed by atoms with Gasteiger partial charge in [-0.15, -0.1) is 0 Å². The van der Waals surface area contributed by atoms with Crippen LogP contribution in [0.5, 0.6) is 0 Å². The molecule has 0 amide bonds. The zero-order chi connectivity index (χ0) is 17.9. The van der Waals surface area contributed by atoms with E-state index in [0.29, 0.717) is 0 Å². The number of benzene rings is 2. The van der Waals surface area contributed by atoms with Crippen molar-refractivity contribution in [2.24, 2.45) is 5.14 Å². The third-order valence-electron chi connectivity index (χ3n) is 3.03. The fourth-order valence-electron chi connectivity index (χ4n) is 1.79. The van der Waals surface area contributed by atoms with Crippen LogP contribution in [-0.2, 0) is 21.4 Å². The van der Waals surface area contributed by atoms with Gasteiger partial charge in [0.2, 0.25) is 10.0 Å². The molecular weight excluding hydrogens is 359 g/mol. The predicted molar refractivity (Wildman–Crippen MR) is 83.1 cm³/mol. The third kappa shape index (κ3) is 4.08. The molecule has 24 heavy (non-hydrogen) atoms. The Balaban J connectivity index is 2.20. The van der Waals surface area contributed by atoms with E-state index in [4.69, 9.17) is 26.7 Å². The first kappa shape index (κ1) is 17.9. The molecule has 2 N–H and O–H groups in total. The highest BCUT2D eigenvalue weighted by molar-refractivity contribution is 7.89. The van der Waals surface area contributed by atoms with E-state index < -0.39 is 28.4 Å². The molecule has 0 saturated heterocycles. The van der Waals surface area contributed by atoms with Crippen LogP contribution in [0.2, 0.25) is 5.02 Å². The van der Waals surface area contributed by atoms with Crippen LogP contribution in [0.3, 0.4) is 0 Å². The summed E-state index contributed by atoms with van der Waals surface area (Å²) < 4.78 is 41.3. The molecule has 2 rings (SSSR count). The highest BCUT2D eigenvalue weighted by atomic mass is 35.5. The second kappa shape index (κ2) is 6.97. The summed E-state index contributed by atoms with van der Waals surface area (Å²) in [5, 5.41) is 13.6. The number of sulfonamides is 1. The van der Waals surface area contributed by atoms with E-state index in [2.05, 4.69) is 0 Å². The minimum atomic E-state index is -4.01. The predicted octanol–water partition coefficient (Wildman–Crippen LogP) is 2.36. The lowest BCUT2D eigenvalue weighted by molar-refractivity contribution is 0.0469. The fourth-order valence-corrected chi connectivity index (χ4v) is 2.53. The molecule has 0 aliphatic carbocycles. The second-order valence-electron chi connectivity index (χ2n) is 4.68. The maximum atomic E-state index is 13.7. The minimum Gasteiger partial charge on any atom is -0.457 e. The molecule has 0 unspecified atom stereocenters. The van der Waals surface area contributed by atoms with Gasteiger partial charge in [-0.3, -0.25) is 0 Å². The van der Waals surface area contributed by atoms with E-state index in [9.17, 15) is 17.6 Å². The molecule has 0 heterocycles. The van der Waals surface area contributed by atoms with E-state index in [0.717, 1.165) is 18.2 Å². The number of esters is 1. The van der Waals surface area contributed by atoms with Crippen molar-refractivity contribution in [2.75, 3.05) is 0 Å². The Bertz CT molecular complexity index is 954. The summed E-state index contributed by atoms with van der Waals surface area (Å²) in [5.41, 5.74) is -0.0233. The molecule has 0 aliphatic heterocycles. The number of primary sulfonamides is 1. The Hall–Kier alpha value is -2.47. The first-order valence-electron chi connectivity index (χ1n) is 6.40. The molecule has 0 spiro atoms. The summed E-state index contributed by atoms with van der Waals surface area (Å²) >= 11 is 5.85. The average Bonchev–Trinajstić information content (AvgIpc) is 2.52. The van der Waals surface area contributed by atoms with Gasteiger partial charge >= 0.3 is 5.97 Å². The highest BCUT2D eigenvalue weighted by Crippen LogP contribution is 2.21. The summed E-state index contributed by atoms with van der Waals surface area (Å²) in [6.45, 7) is -0.410. The number of rotatable bonds is 4. The van der Waals surface area contributed by atoms with E-state index in [-0.39, 0.29) is 26.6 Å². The Morgan fingerprint density at radius 1 is 1.29 bits per heavy atom. The van der Waals surface area contributed by atoms with Gasteiger partial charge in [-0.2, -0.15) is 5.26 Å². The number of carbonyl (C=O) groups excluding carboxylic acids is 1. The van der Waals surface area contributed by atoms with Gasteiger partial charge in [0.1, 0.15) is 12.4 Å². The van der Waals surface area contributed by atoms with E-state index in [1.165, 1.54) is 18.2 Å². The van der Waals surface area contributed by atoms with Crippen LogP contribution in [0.15, 0.2) is 41.3 Å². The Morgan fingerprint density at radius 2 is 2.00 bits per heavy atom. The Labute approximate surface area is 142 Å². The highest BCUT2D eigenvalue weighted by Gasteiger charge is 2.17. The lowest BCUT2D eigenvalue weighted by Crippen LogP contribution is -2.14. The molecule has 2 aromatic rings. The molecule has 0 atom stereocenters. The van der Waals surface area contributed by atoms with Crippen LogP contribution in [0.25, 0.3) is 0 Å². The first-order valence-corrected chi connectivity index (χ1v) is 8.33. The molecule has 6 nitrogen and oxygen atoms in total. The number of nitrogens with zero attached hydrogens (tertiary/aromatic N) is 1. The standard InChI is InChI=1S/C15H10ClFN2O4S/c16-13-4-3-11(24(19,21)22)6-12(13)15(20)23-8-10-2-1-9(7-18)5-14(10)17/h1-6H,8H2,(H2,19,21,22). The molecule has 0 aliphatic rings. The minimum absolute atomic E-state index is 0.0345. The van der Waals surface area contributed by atoms with Crippen LogP contribution >= 0.6 is 11.6 Å². The van der Waals surface area contributed by atoms with Gasteiger partial charge in [0, 0.05) is 5.56 Å². The van der Waals surface area contributed by atoms with Gasteiger partial charge < -0.3 is 4.74 Å². The fraction of sp³-hybridized carbons (Fsp3) is 0.0667. The molecular formula is C15H10ClFN2O4S. The third-order valence-corrected chi connectivity index (χ3v) is 4.27.